The van der Waals surface area contributed by atoms with Gasteiger partial charge in [0.15, 0.2) is 0 Å². The summed E-state index contributed by atoms with van der Waals surface area (Å²) < 4.78 is 27.1. The molecule has 23 heavy (non-hydrogen) atoms. The van der Waals surface area contributed by atoms with Gasteiger partial charge in [0, 0.05) is 0 Å². The van der Waals surface area contributed by atoms with E-state index in [1.165, 1.54) is 4.68 Å². The van der Waals surface area contributed by atoms with Crippen molar-refractivity contribution < 1.29 is 8.42 Å². The minimum atomic E-state index is -3.60. The van der Waals surface area contributed by atoms with Crippen LogP contribution in [0.25, 0.3) is 11.0 Å². The van der Waals surface area contributed by atoms with E-state index in [9.17, 15) is 13.7 Å². The molecule has 3 rings (SSSR count). The summed E-state index contributed by atoms with van der Waals surface area (Å²) >= 11 is 0. The van der Waals surface area contributed by atoms with Crippen LogP contribution in [0.2, 0.25) is 0 Å². The summed E-state index contributed by atoms with van der Waals surface area (Å²) in [6, 6.07) is 15.8. The van der Waals surface area contributed by atoms with E-state index in [0.29, 0.717) is 11.2 Å². The summed E-state index contributed by atoms with van der Waals surface area (Å²) in [7, 11) is -3.60. The molecule has 0 aliphatic carbocycles. The van der Waals surface area contributed by atoms with E-state index in [0.717, 1.165) is 16.1 Å². The highest BCUT2D eigenvalue weighted by Crippen LogP contribution is 2.23. The predicted octanol–water partition coefficient (Wildman–Crippen LogP) is 1.73. The summed E-state index contributed by atoms with van der Waals surface area (Å²) in [6.45, 7) is -0.0575. The lowest BCUT2D eigenvalue weighted by Crippen LogP contribution is -2.33. The normalized spacial score (nSPS) is 11.3. The number of aromatic nitrogens is 3. The smallest absolute Gasteiger partial charge is 0.233 e. The predicted molar refractivity (Wildman–Crippen MR) is 86.0 cm³/mol. The van der Waals surface area contributed by atoms with Gasteiger partial charge in [-0.2, -0.15) is 5.26 Å². The van der Waals surface area contributed by atoms with E-state index in [2.05, 4.69) is 10.3 Å². The van der Waals surface area contributed by atoms with Crippen LogP contribution in [0.15, 0.2) is 48.5 Å². The molecule has 0 saturated carbocycles. The molecule has 3 aromatic rings. The average molecular weight is 327 g/mol. The first-order valence-electron chi connectivity index (χ1n) is 6.76. The molecule has 0 aliphatic rings. The van der Waals surface area contributed by atoms with Crippen molar-refractivity contribution in [1.82, 2.24) is 15.0 Å². The van der Waals surface area contributed by atoms with Crippen molar-refractivity contribution >= 4 is 26.7 Å². The molecule has 0 N–H and O–H groups in total. The van der Waals surface area contributed by atoms with Gasteiger partial charge in [-0.15, -0.1) is 5.10 Å². The van der Waals surface area contributed by atoms with Crippen LogP contribution in [0.4, 0.5) is 5.69 Å². The molecule has 1 heterocycles. The number of sulfonamides is 1. The van der Waals surface area contributed by atoms with Crippen LogP contribution < -0.4 is 4.31 Å². The lowest BCUT2D eigenvalue weighted by Gasteiger charge is -2.23. The second kappa shape index (κ2) is 5.70. The Bertz CT molecular complexity index is 1000. The summed E-state index contributed by atoms with van der Waals surface area (Å²) in [6.07, 6.45) is 1.10. The Kier molecular flexibility index (Phi) is 3.72. The van der Waals surface area contributed by atoms with Gasteiger partial charge in [0.05, 0.1) is 23.0 Å². The Morgan fingerprint density at radius 1 is 1.17 bits per heavy atom. The summed E-state index contributed by atoms with van der Waals surface area (Å²) in [5.74, 6) is 0. The number of anilines is 1. The summed E-state index contributed by atoms with van der Waals surface area (Å²) in [5.41, 5.74) is 1.99. The minimum Gasteiger partial charge on any atom is -0.248 e. The molecule has 1 aromatic heterocycles. The first-order valence-corrected chi connectivity index (χ1v) is 8.60. The lowest BCUT2D eigenvalue weighted by molar-refractivity contribution is 0.571. The van der Waals surface area contributed by atoms with Gasteiger partial charge < -0.3 is 0 Å². The molecule has 0 aliphatic heterocycles. The molecule has 0 radical (unpaired) electrons. The van der Waals surface area contributed by atoms with Crippen molar-refractivity contribution in [3.8, 4) is 6.07 Å². The number of benzene rings is 2. The van der Waals surface area contributed by atoms with Crippen molar-refractivity contribution in [2.24, 2.45) is 0 Å². The second-order valence-electron chi connectivity index (χ2n) is 4.96. The number of para-hydroxylation sites is 2. The summed E-state index contributed by atoms with van der Waals surface area (Å²) in [4.78, 5) is 0. The molecule has 0 atom stereocenters. The number of rotatable bonds is 4. The topological polar surface area (TPSA) is 91.9 Å². The number of hydrogen-bond acceptors (Lipinski definition) is 5. The third kappa shape index (κ3) is 2.86. The van der Waals surface area contributed by atoms with Gasteiger partial charge in [0.25, 0.3) is 0 Å². The lowest BCUT2D eigenvalue weighted by atomic mass is 10.2. The van der Waals surface area contributed by atoms with Crippen molar-refractivity contribution in [1.29, 1.82) is 5.26 Å². The van der Waals surface area contributed by atoms with Crippen LogP contribution in [0.1, 0.15) is 5.56 Å². The van der Waals surface area contributed by atoms with Crippen LogP contribution in [0.5, 0.6) is 0 Å². The highest BCUT2D eigenvalue weighted by molar-refractivity contribution is 7.92. The molecule has 0 saturated heterocycles. The first kappa shape index (κ1) is 15.0. The van der Waals surface area contributed by atoms with Gasteiger partial charge >= 0.3 is 0 Å². The van der Waals surface area contributed by atoms with Gasteiger partial charge in [0.1, 0.15) is 18.3 Å². The van der Waals surface area contributed by atoms with Crippen LogP contribution in [-0.4, -0.2) is 29.7 Å². The maximum atomic E-state index is 12.2. The molecule has 0 unspecified atom stereocenters. The SMILES string of the molecule is CS(=O)(=O)N(Cn1nnc2ccccc21)c1ccccc1C#N. The maximum Gasteiger partial charge on any atom is 0.233 e. The van der Waals surface area contributed by atoms with E-state index in [4.69, 9.17) is 0 Å². The Balaban J connectivity index is 2.10. The Morgan fingerprint density at radius 3 is 2.61 bits per heavy atom. The van der Waals surface area contributed by atoms with E-state index in [1.54, 1.807) is 30.3 Å². The zero-order valence-corrected chi connectivity index (χ0v) is 13.1. The Hall–Kier alpha value is -2.92. The van der Waals surface area contributed by atoms with Gasteiger partial charge in [-0.1, -0.05) is 29.5 Å². The number of nitriles is 1. The van der Waals surface area contributed by atoms with Crippen molar-refractivity contribution in [3.63, 3.8) is 0 Å². The minimum absolute atomic E-state index is 0.0575. The quantitative estimate of drug-likeness (QED) is 0.727. The second-order valence-corrected chi connectivity index (χ2v) is 6.87. The maximum absolute atomic E-state index is 12.2. The zero-order chi connectivity index (χ0) is 16.4. The molecule has 0 amide bonds. The molecular formula is C15H13N5O2S. The largest absolute Gasteiger partial charge is 0.248 e. The van der Waals surface area contributed by atoms with Crippen LogP contribution >= 0.6 is 0 Å². The number of nitrogens with zero attached hydrogens (tertiary/aromatic N) is 5. The summed E-state index contributed by atoms with van der Waals surface area (Å²) in [5, 5.41) is 17.2. The number of fused-ring (bicyclic) bond motifs is 1. The molecule has 0 bridgehead atoms. The van der Waals surface area contributed by atoms with E-state index >= 15 is 0 Å². The van der Waals surface area contributed by atoms with Crippen molar-refractivity contribution in [2.75, 3.05) is 10.6 Å². The fraction of sp³-hybridized carbons (Fsp3) is 0.133. The molecule has 0 fully saturated rings. The molecule has 116 valence electrons. The van der Waals surface area contributed by atoms with E-state index in [-0.39, 0.29) is 12.2 Å². The van der Waals surface area contributed by atoms with Gasteiger partial charge in [0.2, 0.25) is 10.0 Å². The molecule has 2 aromatic carbocycles. The fourth-order valence-corrected chi connectivity index (χ4v) is 3.12. The molecule has 8 heteroatoms. The third-order valence-electron chi connectivity index (χ3n) is 3.38. The average Bonchev–Trinajstić information content (AvgIpc) is 2.95. The molecular weight excluding hydrogens is 314 g/mol. The number of hydrogen-bond donors (Lipinski definition) is 0. The molecule has 7 nitrogen and oxygen atoms in total. The Labute approximate surface area is 133 Å². The highest BCUT2D eigenvalue weighted by atomic mass is 32.2. The van der Waals surface area contributed by atoms with Gasteiger partial charge in [-0.25, -0.2) is 17.4 Å². The van der Waals surface area contributed by atoms with Crippen LogP contribution in [-0.2, 0) is 16.7 Å². The standard InChI is InChI=1S/C15H13N5O2S/c1-23(21,22)20(14-8-4-2-6-12(14)10-16)11-19-15-9-5-3-7-13(15)17-18-19/h2-9H,11H2,1H3. The highest BCUT2D eigenvalue weighted by Gasteiger charge is 2.22. The van der Waals surface area contributed by atoms with Crippen molar-refractivity contribution in [2.45, 2.75) is 6.67 Å². The monoisotopic (exact) mass is 327 g/mol. The first-order chi connectivity index (χ1) is 11.0. The zero-order valence-electron chi connectivity index (χ0n) is 12.3. The van der Waals surface area contributed by atoms with Crippen molar-refractivity contribution in [3.05, 3.63) is 54.1 Å². The van der Waals surface area contributed by atoms with E-state index in [1.807, 2.05) is 24.3 Å². The van der Waals surface area contributed by atoms with Crippen LogP contribution in [0, 0.1) is 11.3 Å². The van der Waals surface area contributed by atoms with Crippen LogP contribution in [0.3, 0.4) is 0 Å². The Morgan fingerprint density at radius 2 is 1.87 bits per heavy atom. The fourth-order valence-electron chi connectivity index (χ4n) is 2.29. The third-order valence-corrected chi connectivity index (χ3v) is 4.49. The van der Waals surface area contributed by atoms with Gasteiger partial charge in [-0.05, 0) is 24.3 Å². The van der Waals surface area contributed by atoms with E-state index < -0.39 is 10.0 Å². The van der Waals surface area contributed by atoms with Gasteiger partial charge in [-0.3, -0.25) is 0 Å². The molecule has 0 spiro atoms.